The fourth-order valence-electron chi connectivity index (χ4n) is 2.78. The lowest BCUT2D eigenvalue weighted by atomic mass is 10.1. The van der Waals surface area contributed by atoms with Crippen LogP contribution in [-0.2, 0) is 11.3 Å². The molecule has 0 aromatic heterocycles. The number of benzene rings is 1. The van der Waals surface area contributed by atoms with Crippen LogP contribution in [0.3, 0.4) is 0 Å². The van der Waals surface area contributed by atoms with Crippen molar-refractivity contribution in [3.63, 3.8) is 0 Å². The number of ether oxygens (including phenoxy) is 3. The van der Waals surface area contributed by atoms with E-state index < -0.39 is 0 Å². The molecule has 0 spiro atoms. The average molecular weight is 374 g/mol. The maximum atomic E-state index is 12.2. The molecule has 25 heavy (non-hydrogen) atoms. The summed E-state index contributed by atoms with van der Waals surface area (Å²) in [5.41, 5.74) is 0.844. The Morgan fingerprint density at radius 3 is 2.44 bits per heavy atom. The fourth-order valence-corrected chi connectivity index (χ4v) is 2.78. The number of carbonyl (C=O) groups excluding carboxylic acids is 1. The molecule has 1 atom stereocenters. The maximum Gasteiger partial charge on any atom is 0.234 e. The summed E-state index contributed by atoms with van der Waals surface area (Å²) in [4.78, 5) is 14.4. The molecule has 1 fully saturated rings. The number of hydrogen-bond acceptors (Lipinski definition) is 6. The Morgan fingerprint density at radius 2 is 1.84 bits per heavy atom. The summed E-state index contributed by atoms with van der Waals surface area (Å²) in [6, 6.07) is 3.95. The second-order valence-electron chi connectivity index (χ2n) is 5.82. The van der Waals surface area contributed by atoms with Crippen LogP contribution in [0.15, 0.2) is 12.1 Å². The number of amides is 1. The largest absolute Gasteiger partial charge is 0.496 e. The average Bonchev–Trinajstić information content (AvgIpc) is 2.61. The topological polar surface area (TPSA) is 72.1 Å². The van der Waals surface area contributed by atoms with Gasteiger partial charge in [0.1, 0.15) is 5.75 Å². The van der Waals surface area contributed by atoms with Gasteiger partial charge in [0.2, 0.25) is 5.91 Å². The number of hydrogen-bond donors (Lipinski definition) is 2. The van der Waals surface area contributed by atoms with Gasteiger partial charge in [-0.3, -0.25) is 9.69 Å². The van der Waals surface area contributed by atoms with E-state index in [-0.39, 0.29) is 18.3 Å². The molecule has 0 saturated carbocycles. The first-order chi connectivity index (χ1) is 11.6. The molecule has 1 aromatic rings. The quantitative estimate of drug-likeness (QED) is 0.744. The summed E-state index contributed by atoms with van der Waals surface area (Å²) in [5, 5.41) is 6.27. The van der Waals surface area contributed by atoms with Crippen molar-refractivity contribution in [2.75, 3.05) is 47.5 Å². The van der Waals surface area contributed by atoms with Gasteiger partial charge in [-0.25, -0.2) is 0 Å². The first-order valence-corrected chi connectivity index (χ1v) is 8.09. The molecule has 142 valence electrons. The van der Waals surface area contributed by atoms with Gasteiger partial charge in [-0.15, -0.1) is 12.4 Å². The van der Waals surface area contributed by atoms with Gasteiger partial charge in [-0.2, -0.15) is 0 Å². The molecule has 0 aliphatic carbocycles. The van der Waals surface area contributed by atoms with Crippen LogP contribution in [0.1, 0.15) is 12.5 Å². The van der Waals surface area contributed by atoms with E-state index in [1.807, 2.05) is 6.07 Å². The predicted octanol–water partition coefficient (Wildman–Crippen LogP) is 1.04. The van der Waals surface area contributed by atoms with Crippen LogP contribution in [0.25, 0.3) is 0 Å². The second kappa shape index (κ2) is 10.3. The van der Waals surface area contributed by atoms with Gasteiger partial charge >= 0.3 is 0 Å². The number of nitrogens with zero attached hydrogens (tertiary/aromatic N) is 1. The first-order valence-electron chi connectivity index (χ1n) is 8.09. The van der Waals surface area contributed by atoms with Crippen molar-refractivity contribution < 1.29 is 19.0 Å². The van der Waals surface area contributed by atoms with E-state index in [4.69, 9.17) is 14.2 Å². The van der Waals surface area contributed by atoms with Crippen LogP contribution in [0, 0.1) is 0 Å². The van der Waals surface area contributed by atoms with E-state index in [0.717, 1.165) is 25.2 Å². The van der Waals surface area contributed by atoms with E-state index >= 15 is 0 Å². The molecular formula is C17H28ClN3O4. The summed E-state index contributed by atoms with van der Waals surface area (Å²) >= 11 is 0. The van der Waals surface area contributed by atoms with Crippen LogP contribution in [0.4, 0.5) is 0 Å². The lowest BCUT2D eigenvalue weighted by Crippen LogP contribution is -2.52. The third kappa shape index (κ3) is 5.66. The maximum absolute atomic E-state index is 12.2. The van der Waals surface area contributed by atoms with Gasteiger partial charge in [0.05, 0.1) is 27.9 Å². The number of piperazine rings is 1. The van der Waals surface area contributed by atoms with Gasteiger partial charge in [-0.05, 0) is 13.0 Å². The van der Waals surface area contributed by atoms with Gasteiger partial charge < -0.3 is 24.8 Å². The molecule has 0 unspecified atom stereocenters. The summed E-state index contributed by atoms with van der Waals surface area (Å²) in [6.07, 6.45) is 0. The molecule has 1 amide bonds. The van der Waals surface area contributed by atoms with Crippen molar-refractivity contribution in [3.8, 4) is 17.2 Å². The smallest absolute Gasteiger partial charge is 0.234 e. The van der Waals surface area contributed by atoms with Crippen molar-refractivity contribution in [3.05, 3.63) is 17.7 Å². The van der Waals surface area contributed by atoms with Gasteiger partial charge in [0, 0.05) is 43.9 Å². The van der Waals surface area contributed by atoms with Crippen LogP contribution in [0.2, 0.25) is 0 Å². The van der Waals surface area contributed by atoms with Gasteiger partial charge in [-0.1, -0.05) is 0 Å². The van der Waals surface area contributed by atoms with E-state index in [0.29, 0.717) is 36.4 Å². The Kier molecular flexibility index (Phi) is 8.82. The number of methoxy groups -OCH3 is 3. The Morgan fingerprint density at radius 1 is 1.20 bits per heavy atom. The van der Waals surface area contributed by atoms with E-state index in [1.54, 1.807) is 27.4 Å². The van der Waals surface area contributed by atoms with E-state index in [9.17, 15) is 4.79 Å². The highest BCUT2D eigenvalue weighted by Gasteiger charge is 2.20. The van der Waals surface area contributed by atoms with Crippen LogP contribution >= 0.6 is 12.4 Å². The van der Waals surface area contributed by atoms with Crippen LogP contribution in [0.5, 0.6) is 17.2 Å². The Labute approximate surface area is 155 Å². The van der Waals surface area contributed by atoms with Crippen LogP contribution in [-0.4, -0.2) is 64.4 Å². The molecule has 2 N–H and O–H groups in total. The molecule has 2 rings (SSSR count). The minimum absolute atomic E-state index is 0. The minimum atomic E-state index is 0. The lowest BCUT2D eigenvalue weighted by Gasteiger charge is -2.33. The van der Waals surface area contributed by atoms with Crippen molar-refractivity contribution in [2.24, 2.45) is 0 Å². The zero-order valence-electron chi connectivity index (χ0n) is 15.3. The SMILES string of the molecule is COc1cc(OC)c(OC)cc1CNC(=O)CN1CCNC[C@H]1C.Cl. The van der Waals surface area contributed by atoms with Crippen LogP contribution < -0.4 is 24.8 Å². The highest BCUT2D eigenvalue weighted by Crippen LogP contribution is 2.34. The molecule has 1 aliphatic heterocycles. The highest BCUT2D eigenvalue weighted by molar-refractivity contribution is 5.85. The van der Waals surface area contributed by atoms with Gasteiger partial charge in [0.25, 0.3) is 0 Å². The number of rotatable bonds is 7. The van der Waals surface area contributed by atoms with E-state index in [1.165, 1.54) is 0 Å². The van der Waals surface area contributed by atoms with Crippen molar-refractivity contribution >= 4 is 18.3 Å². The third-order valence-corrected chi connectivity index (χ3v) is 4.25. The number of nitrogens with one attached hydrogen (secondary N) is 2. The standard InChI is InChI=1S/C17H27N3O4.ClH/c1-12-9-18-5-6-20(12)11-17(21)19-10-13-7-15(23-3)16(24-4)8-14(13)22-2;/h7-8,12,18H,5-6,9-11H2,1-4H3,(H,19,21);1H/t12-;/m1./s1. The highest BCUT2D eigenvalue weighted by atomic mass is 35.5. The zero-order chi connectivity index (χ0) is 17.5. The monoisotopic (exact) mass is 373 g/mol. The first kappa shape index (κ1) is 21.3. The Balaban J connectivity index is 0.00000312. The summed E-state index contributed by atoms with van der Waals surface area (Å²) in [7, 11) is 4.75. The minimum Gasteiger partial charge on any atom is -0.496 e. The molecule has 7 nitrogen and oxygen atoms in total. The number of carbonyl (C=O) groups is 1. The molecular weight excluding hydrogens is 346 g/mol. The molecule has 0 radical (unpaired) electrons. The molecule has 1 aromatic carbocycles. The van der Waals surface area contributed by atoms with Crippen molar-refractivity contribution in [1.82, 2.24) is 15.5 Å². The second-order valence-corrected chi connectivity index (χ2v) is 5.82. The molecule has 1 saturated heterocycles. The summed E-state index contributed by atoms with van der Waals surface area (Å²) in [5.74, 6) is 1.86. The summed E-state index contributed by atoms with van der Waals surface area (Å²) in [6.45, 7) is 5.62. The number of halogens is 1. The normalized spacial score (nSPS) is 17.4. The zero-order valence-corrected chi connectivity index (χ0v) is 16.1. The van der Waals surface area contributed by atoms with E-state index in [2.05, 4.69) is 22.5 Å². The molecule has 1 aliphatic rings. The summed E-state index contributed by atoms with van der Waals surface area (Å²) < 4.78 is 16.0. The predicted molar refractivity (Wildman–Crippen MR) is 99.1 cm³/mol. The van der Waals surface area contributed by atoms with Crippen molar-refractivity contribution in [2.45, 2.75) is 19.5 Å². The van der Waals surface area contributed by atoms with Crippen molar-refractivity contribution in [1.29, 1.82) is 0 Å². The lowest BCUT2D eigenvalue weighted by molar-refractivity contribution is -0.123. The molecule has 1 heterocycles. The van der Waals surface area contributed by atoms with Gasteiger partial charge in [0.15, 0.2) is 11.5 Å². The Bertz CT molecular complexity index is 571. The molecule has 8 heteroatoms. The Hall–Kier alpha value is -1.70. The molecule has 0 bridgehead atoms. The third-order valence-electron chi connectivity index (χ3n) is 4.25. The fraction of sp³-hybridized carbons (Fsp3) is 0.588.